The van der Waals surface area contributed by atoms with Crippen LogP contribution in [0.1, 0.15) is 6.92 Å². The van der Waals surface area contributed by atoms with Gasteiger partial charge in [-0.2, -0.15) is 0 Å². The summed E-state index contributed by atoms with van der Waals surface area (Å²) in [5.41, 5.74) is 0.379. The van der Waals surface area contributed by atoms with E-state index in [9.17, 15) is 5.11 Å². The van der Waals surface area contributed by atoms with E-state index in [2.05, 4.69) is 18.5 Å². The standard InChI is InChI=1S/C11H13NO/c1-9-5-3-7-11(13)10(2)12-8-4-6-9/h3-9,13H,2H2,1H3/b5-3-,6-4-,11-7+,12-8-. The fraction of sp³-hybridized carbons (Fsp3) is 0.182. The van der Waals surface area contributed by atoms with E-state index in [0.29, 0.717) is 11.6 Å². The summed E-state index contributed by atoms with van der Waals surface area (Å²) in [6.45, 7) is 5.66. The minimum absolute atomic E-state index is 0.106. The summed E-state index contributed by atoms with van der Waals surface area (Å²) >= 11 is 0. The van der Waals surface area contributed by atoms with Gasteiger partial charge in [0.25, 0.3) is 0 Å². The van der Waals surface area contributed by atoms with Crippen molar-refractivity contribution in [3.8, 4) is 0 Å². The zero-order valence-corrected chi connectivity index (χ0v) is 7.64. The third-order valence-electron chi connectivity index (χ3n) is 1.70. The molecule has 0 spiro atoms. The Hall–Kier alpha value is -1.57. The highest BCUT2D eigenvalue weighted by molar-refractivity contribution is 5.72. The Labute approximate surface area is 78.3 Å². The number of hydrogen-bond acceptors (Lipinski definition) is 2. The third kappa shape index (κ3) is 3.11. The molecule has 1 aliphatic rings. The van der Waals surface area contributed by atoms with Crippen molar-refractivity contribution in [2.24, 2.45) is 10.9 Å². The van der Waals surface area contributed by atoms with E-state index in [1.165, 1.54) is 0 Å². The molecule has 1 aliphatic heterocycles. The van der Waals surface area contributed by atoms with Gasteiger partial charge >= 0.3 is 0 Å². The maximum atomic E-state index is 9.36. The van der Waals surface area contributed by atoms with Crippen LogP contribution in [0.15, 0.2) is 53.4 Å². The molecule has 0 aromatic carbocycles. The maximum Gasteiger partial charge on any atom is 0.140 e. The van der Waals surface area contributed by atoms with Gasteiger partial charge in [-0.1, -0.05) is 31.7 Å². The highest BCUT2D eigenvalue weighted by atomic mass is 16.3. The van der Waals surface area contributed by atoms with Crippen molar-refractivity contribution in [2.45, 2.75) is 6.92 Å². The van der Waals surface area contributed by atoms with Crippen molar-refractivity contribution >= 4 is 6.21 Å². The zero-order chi connectivity index (χ0) is 9.68. The Bertz CT molecular complexity index is 308. The molecule has 1 atom stereocenters. The van der Waals surface area contributed by atoms with E-state index in [4.69, 9.17) is 0 Å². The minimum Gasteiger partial charge on any atom is -0.506 e. The van der Waals surface area contributed by atoms with Gasteiger partial charge in [-0.15, -0.1) is 0 Å². The van der Waals surface area contributed by atoms with E-state index in [1.807, 2.05) is 18.2 Å². The molecular formula is C11H13NO. The molecule has 0 saturated carbocycles. The topological polar surface area (TPSA) is 32.6 Å². The molecule has 13 heavy (non-hydrogen) atoms. The largest absolute Gasteiger partial charge is 0.506 e. The van der Waals surface area contributed by atoms with Gasteiger partial charge in [0.2, 0.25) is 0 Å². The van der Waals surface area contributed by atoms with Crippen LogP contribution in [0.3, 0.4) is 0 Å². The summed E-state index contributed by atoms with van der Waals surface area (Å²) in [6, 6.07) is 0. The monoisotopic (exact) mass is 175 g/mol. The van der Waals surface area contributed by atoms with Gasteiger partial charge in [0, 0.05) is 6.21 Å². The molecule has 2 heteroatoms. The molecule has 1 unspecified atom stereocenters. The molecule has 0 aromatic rings. The summed E-state index contributed by atoms with van der Waals surface area (Å²) < 4.78 is 0. The quantitative estimate of drug-likeness (QED) is 0.603. The fourth-order valence-electron chi connectivity index (χ4n) is 0.906. The lowest BCUT2D eigenvalue weighted by atomic mass is 10.1. The summed E-state index contributed by atoms with van der Waals surface area (Å²) in [5, 5.41) is 9.36. The van der Waals surface area contributed by atoms with E-state index < -0.39 is 0 Å². The summed E-state index contributed by atoms with van der Waals surface area (Å²) in [7, 11) is 0. The average Bonchev–Trinajstić information content (AvgIpc) is 2.11. The molecule has 0 saturated heterocycles. The summed E-state index contributed by atoms with van der Waals surface area (Å²) in [5.74, 6) is 0.455. The first-order chi connectivity index (χ1) is 6.20. The summed E-state index contributed by atoms with van der Waals surface area (Å²) in [6.07, 6.45) is 10.9. The van der Waals surface area contributed by atoms with Gasteiger partial charge in [0.1, 0.15) is 5.76 Å². The lowest BCUT2D eigenvalue weighted by Gasteiger charge is -1.99. The van der Waals surface area contributed by atoms with Gasteiger partial charge in [-0.3, -0.25) is 4.99 Å². The first-order valence-corrected chi connectivity index (χ1v) is 4.17. The van der Waals surface area contributed by atoms with Crippen LogP contribution in [0.25, 0.3) is 0 Å². The van der Waals surface area contributed by atoms with Crippen molar-refractivity contribution in [2.75, 3.05) is 0 Å². The second-order valence-corrected chi connectivity index (χ2v) is 2.91. The lowest BCUT2D eigenvalue weighted by Crippen LogP contribution is -1.87. The molecule has 0 fully saturated rings. The fourth-order valence-corrected chi connectivity index (χ4v) is 0.906. The Balaban J connectivity index is 2.89. The smallest absolute Gasteiger partial charge is 0.140 e. The SMILES string of the molecule is C=C1/N=C\C=C/C(C)/C=C\C=C/1O. The second kappa shape index (κ2) is 4.45. The van der Waals surface area contributed by atoms with Crippen molar-refractivity contribution in [1.82, 2.24) is 0 Å². The van der Waals surface area contributed by atoms with Crippen molar-refractivity contribution in [3.05, 3.63) is 48.4 Å². The molecule has 1 rings (SSSR count). The highest BCUT2D eigenvalue weighted by Crippen LogP contribution is 2.07. The van der Waals surface area contributed by atoms with Gasteiger partial charge in [-0.05, 0) is 18.1 Å². The Kier molecular flexibility index (Phi) is 3.26. The Morgan fingerprint density at radius 3 is 2.85 bits per heavy atom. The van der Waals surface area contributed by atoms with Crippen LogP contribution in [-0.2, 0) is 0 Å². The van der Waals surface area contributed by atoms with Crippen molar-refractivity contribution in [1.29, 1.82) is 0 Å². The van der Waals surface area contributed by atoms with Gasteiger partial charge < -0.3 is 5.11 Å². The van der Waals surface area contributed by atoms with E-state index >= 15 is 0 Å². The van der Waals surface area contributed by atoms with Crippen molar-refractivity contribution < 1.29 is 5.11 Å². The van der Waals surface area contributed by atoms with Gasteiger partial charge in [0.15, 0.2) is 0 Å². The second-order valence-electron chi connectivity index (χ2n) is 2.91. The van der Waals surface area contributed by atoms with Gasteiger partial charge in [-0.25, -0.2) is 0 Å². The number of nitrogens with zero attached hydrogens (tertiary/aromatic N) is 1. The maximum absolute atomic E-state index is 9.36. The molecule has 0 aliphatic carbocycles. The van der Waals surface area contributed by atoms with Crippen LogP contribution >= 0.6 is 0 Å². The van der Waals surface area contributed by atoms with E-state index in [-0.39, 0.29) is 5.76 Å². The van der Waals surface area contributed by atoms with E-state index in [0.717, 1.165) is 0 Å². The Morgan fingerprint density at radius 2 is 2.08 bits per heavy atom. The van der Waals surface area contributed by atoms with Crippen LogP contribution in [0.2, 0.25) is 0 Å². The first-order valence-electron chi connectivity index (χ1n) is 4.17. The van der Waals surface area contributed by atoms with E-state index in [1.54, 1.807) is 18.4 Å². The van der Waals surface area contributed by atoms with Crippen LogP contribution in [0.5, 0.6) is 0 Å². The van der Waals surface area contributed by atoms with Crippen LogP contribution in [-0.4, -0.2) is 11.3 Å². The normalized spacial score (nSPS) is 34.4. The highest BCUT2D eigenvalue weighted by Gasteiger charge is 1.95. The average molecular weight is 175 g/mol. The molecule has 68 valence electrons. The number of aliphatic hydroxyl groups is 1. The van der Waals surface area contributed by atoms with Gasteiger partial charge in [0.05, 0.1) is 5.70 Å². The molecule has 0 radical (unpaired) electrons. The zero-order valence-electron chi connectivity index (χ0n) is 7.64. The number of hydrogen-bond donors (Lipinski definition) is 1. The first kappa shape index (κ1) is 9.52. The Morgan fingerprint density at radius 1 is 1.38 bits per heavy atom. The van der Waals surface area contributed by atoms with Crippen LogP contribution < -0.4 is 0 Å². The number of allylic oxidation sites excluding steroid dienone is 5. The molecule has 1 heterocycles. The van der Waals surface area contributed by atoms with Crippen LogP contribution in [0.4, 0.5) is 0 Å². The molecule has 1 N–H and O–H groups in total. The molecule has 0 bridgehead atoms. The predicted molar refractivity (Wildman–Crippen MR) is 55.8 cm³/mol. The molecular weight excluding hydrogens is 162 g/mol. The predicted octanol–water partition coefficient (Wildman–Crippen LogP) is 2.77. The van der Waals surface area contributed by atoms with Crippen molar-refractivity contribution in [3.63, 3.8) is 0 Å². The number of aliphatic hydroxyl groups excluding tert-OH is 1. The number of rotatable bonds is 0. The van der Waals surface area contributed by atoms with Crippen LogP contribution in [0, 0.1) is 5.92 Å². The third-order valence-corrected chi connectivity index (χ3v) is 1.70. The molecule has 0 aromatic heterocycles. The summed E-state index contributed by atoms with van der Waals surface area (Å²) in [4.78, 5) is 3.94. The lowest BCUT2D eigenvalue weighted by molar-refractivity contribution is 0.423. The number of aliphatic imine (C=N–C) groups is 1. The molecule has 2 nitrogen and oxygen atoms in total. The minimum atomic E-state index is 0.106. The molecule has 0 amide bonds.